The number of hydrogen-bond donors (Lipinski definition) is 0. The van der Waals surface area contributed by atoms with Crippen LogP contribution in [0, 0.1) is 0 Å². The lowest BCUT2D eigenvalue weighted by Crippen LogP contribution is -2.74. The minimum Gasteiger partial charge on any atom is -0.294 e. The first-order valence-corrected chi connectivity index (χ1v) is 21.3. The van der Waals surface area contributed by atoms with Gasteiger partial charge in [0.2, 0.25) is 0 Å². The van der Waals surface area contributed by atoms with Crippen molar-refractivity contribution in [3.05, 3.63) is 199 Å². The fourth-order valence-corrected chi connectivity index (χ4v) is 15.1. The van der Waals surface area contributed by atoms with Crippen LogP contribution in [0.1, 0.15) is 25.0 Å². The third-order valence-electron chi connectivity index (χ3n) is 11.3. The topological polar surface area (TPSA) is 30.7 Å². The third-order valence-corrected chi connectivity index (χ3v) is 17.1. The first-order valence-electron chi connectivity index (χ1n) is 18.5. The van der Waals surface area contributed by atoms with E-state index in [4.69, 9.17) is 9.97 Å². The number of pyridine rings is 2. The van der Waals surface area contributed by atoms with E-state index in [-0.39, 0.29) is 5.41 Å². The highest BCUT2D eigenvalue weighted by Gasteiger charge is 2.42. The van der Waals surface area contributed by atoms with Crippen LogP contribution in [0.5, 0.6) is 0 Å². The van der Waals surface area contributed by atoms with Gasteiger partial charge in [0.05, 0.1) is 11.2 Å². The summed E-state index contributed by atoms with van der Waals surface area (Å²) in [5.41, 5.74) is 7.87. The van der Waals surface area contributed by atoms with E-state index in [0.29, 0.717) is 0 Å². The van der Waals surface area contributed by atoms with Gasteiger partial charge in [0.25, 0.3) is 0 Å². The Kier molecular flexibility index (Phi) is 7.75. The van der Waals surface area contributed by atoms with Crippen molar-refractivity contribution in [2.45, 2.75) is 29.1 Å². The van der Waals surface area contributed by atoms with E-state index in [9.17, 15) is 0 Å². The standard InChI is InChI=1S/C49H37N3SSi/c1-49(2)41-26-10-12-29-44(41)53-45-33-51-48-46(47(45)49)40-25-9-11-28-43(40)52(48)35-18-16-24-39(32-35)54(36-19-5-3-6-20-36,37-21-7-4-8-22-37)38-23-15-17-34(31-38)42-27-13-14-30-50-42/h3-33H,1-2H3. The number of hydrogen-bond acceptors (Lipinski definition) is 3. The molecule has 0 saturated carbocycles. The minimum atomic E-state index is -2.89. The molecule has 0 N–H and O–H groups in total. The normalized spacial score (nSPS) is 13.4. The lowest BCUT2D eigenvalue weighted by atomic mass is 9.76. The SMILES string of the molecule is CC1(C)c2ccccc2Sc2cnc3c(c21)c1ccccc1n3-c1cccc([Si](c2ccccc2)(c2ccccc2)c2cccc(-c3ccccn3)c2)c1. The number of nitrogens with zero attached hydrogens (tertiary/aromatic N) is 3. The number of para-hydroxylation sites is 1. The molecule has 6 aromatic carbocycles. The highest BCUT2D eigenvalue weighted by Crippen LogP contribution is 2.52. The highest BCUT2D eigenvalue weighted by atomic mass is 32.2. The summed E-state index contributed by atoms with van der Waals surface area (Å²) >= 11 is 1.84. The molecule has 0 radical (unpaired) electrons. The van der Waals surface area contributed by atoms with Crippen LogP contribution in [0.15, 0.2) is 198 Å². The number of fused-ring (bicyclic) bond motifs is 6. The van der Waals surface area contributed by atoms with Crippen LogP contribution in [0.4, 0.5) is 0 Å². The largest absolute Gasteiger partial charge is 0.294 e. The Hall–Kier alpha value is -6.01. The molecule has 10 rings (SSSR count). The molecule has 4 heterocycles. The van der Waals surface area contributed by atoms with E-state index in [0.717, 1.165) is 28.1 Å². The van der Waals surface area contributed by atoms with Crippen LogP contribution >= 0.6 is 11.8 Å². The molecule has 9 aromatic rings. The number of rotatable bonds is 6. The van der Waals surface area contributed by atoms with Gasteiger partial charge < -0.3 is 0 Å². The van der Waals surface area contributed by atoms with E-state index in [1.807, 2.05) is 24.0 Å². The molecule has 3 aromatic heterocycles. The second-order valence-corrected chi connectivity index (χ2v) is 19.5. The fourth-order valence-electron chi connectivity index (χ4n) is 8.89. The molecular weight excluding hydrogens is 691 g/mol. The fraction of sp³-hybridized carbons (Fsp3) is 0.0612. The minimum absolute atomic E-state index is 0.198. The summed E-state index contributed by atoms with van der Waals surface area (Å²) in [5, 5.41) is 7.75. The Labute approximate surface area is 321 Å². The van der Waals surface area contributed by atoms with Gasteiger partial charge in [-0.1, -0.05) is 165 Å². The van der Waals surface area contributed by atoms with Gasteiger partial charge in [0.1, 0.15) is 5.65 Å². The van der Waals surface area contributed by atoms with E-state index < -0.39 is 8.07 Å². The van der Waals surface area contributed by atoms with E-state index in [1.165, 1.54) is 52.4 Å². The lowest BCUT2D eigenvalue weighted by Gasteiger charge is -2.35. The molecule has 54 heavy (non-hydrogen) atoms. The Morgan fingerprint density at radius 1 is 0.556 bits per heavy atom. The predicted molar refractivity (Wildman–Crippen MR) is 228 cm³/mol. The predicted octanol–water partition coefficient (Wildman–Crippen LogP) is 9.41. The molecule has 0 saturated heterocycles. The molecule has 1 aliphatic rings. The molecule has 5 heteroatoms. The maximum atomic E-state index is 5.30. The molecule has 3 nitrogen and oxygen atoms in total. The summed E-state index contributed by atoms with van der Waals surface area (Å²) in [6.07, 6.45) is 3.98. The number of aromatic nitrogens is 3. The summed E-state index contributed by atoms with van der Waals surface area (Å²) in [6, 6.07) is 64.5. The van der Waals surface area contributed by atoms with Crippen LogP contribution in [0.3, 0.4) is 0 Å². The zero-order chi connectivity index (χ0) is 36.3. The molecule has 0 aliphatic carbocycles. The van der Waals surface area contributed by atoms with Gasteiger partial charge >= 0.3 is 0 Å². The quantitative estimate of drug-likeness (QED) is 0.126. The molecular formula is C49H37N3SSi. The zero-order valence-corrected chi connectivity index (χ0v) is 32.0. The molecule has 0 bridgehead atoms. The Balaban J connectivity index is 1.26. The molecule has 1 aliphatic heterocycles. The zero-order valence-electron chi connectivity index (χ0n) is 30.1. The van der Waals surface area contributed by atoms with Crippen molar-refractivity contribution >= 4 is 62.5 Å². The van der Waals surface area contributed by atoms with Gasteiger partial charge in [-0.3, -0.25) is 9.55 Å². The first kappa shape index (κ1) is 32.6. The Morgan fingerprint density at radius 2 is 1.20 bits per heavy atom. The van der Waals surface area contributed by atoms with Gasteiger partial charge in [0.15, 0.2) is 8.07 Å². The maximum Gasteiger partial charge on any atom is 0.179 e. The summed E-state index contributed by atoms with van der Waals surface area (Å²) in [4.78, 5) is 12.6. The van der Waals surface area contributed by atoms with Crippen molar-refractivity contribution < 1.29 is 0 Å². The van der Waals surface area contributed by atoms with Crippen molar-refractivity contribution in [3.8, 4) is 16.9 Å². The second kappa shape index (κ2) is 12.8. The summed E-state index contributed by atoms with van der Waals surface area (Å²) in [7, 11) is -2.89. The molecule has 0 amide bonds. The molecule has 0 atom stereocenters. The molecule has 0 fully saturated rings. The Morgan fingerprint density at radius 3 is 1.96 bits per heavy atom. The van der Waals surface area contributed by atoms with E-state index in [2.05, 4.69) is 194 Å². The van der Waals surface area contributed by atoms with Gasteiger partial charge in [-0.25, -0.2) is 4.98 Å². The van der Waals surface area contributed by atoms with Gasteiger partial charge in [0, 0.05) is 49.6 Å². The van der Waals surface area contributed by atoms with Crippen molar-refractivity contribution in [1.29, 1.82) is 0 Å². The highest BCUT2D eigenvalue weighted by molar-refractivity contribution is 7.99. The monoisotopic (exact) mass is 727 g/mol. The van der Waals surface area contributed by atoms with Crippen LogP contribution in [-0.2, 0) is 5.41 Å². The third kappa shape index (κ3) is 4.96. The van der Waals surface area contributed by atoms with Gasteiger partial charge in [-0.2, -0.15) is 0 Å². The van der Waals surface area contributed by atoms with Crippen LogP contribution < -0.4 is 20.7 Å². The van der Waals surface area contributed by atoms with Gasteiger partial charge in [-0.05, 0) is 68.3 Å². The smallest absolute Gasteiger partial charge is 0.179 e. The van der Waals surface area contributed by atoms with Gasteiger partial charge in [-0.15, -0.1) is 0 Å². The number of benzene rings is 6. The summed E-state index contributed by atoms with van der Waals surface area (Å²) in [6.45, 7) is 4.74. The van der Waals surface area contributed by atoms with Crippen molar-refractivity contribution in [2.24, 2.45) is 0 Å². The van der Waals surface area contributed by atoms with Crippen molar-refractivity contribution in [2.75, 3.05) is 0 Å². The molecule has 258 valence electrons. The van der Waals surface area contributed by atoms with Crippen LogP contribution in [0.2, 0.25) is 0 Å². The molecule has 0 unspecified atom stereocenters. The molecule has 0 spiro atoms. The first-order chi connectivity index (χ1) is 26.5. The Bertz CT molecular complexity index is 2790. The summed E-state index contributed by atoms with van der Waals surface area (Å²) < 4.78 is 2.40. The average molecular weight is 728 g/mol. The van der Waals surface area contributed by atoms with E-state index in [1.54, 1.807) is 0 Å². The van der Waals surface area contributed by atoms with E-state index >= 15 is 0 Å². The average Bonchev–Trinajstić information content (AvgIpc) is 3.57. The van der Waals surface area contributed by atoms with Crippen LogP contribution in [-0.4, -0.2) is 22.6 Å². The maximum absolute atomic E-state index is 5.30. The van der Waals surface area contributed by atoms with Crippen LogP contribution in [0.25, 0.3) is 38.9 Å². The van der Waals surface area contributed by atoms with Crippen molar-refractivity contribution in [1.82, 2.24) is 14.5 Å². The second-order valence-electron chi connectivity index (χ2n) is 14.6. The lowest BCUT2D eigenvalue weighted by molar-refractivity contribution is 0.613. The van der Waals surface area contributed by atoms with Crippen molar-refractivity contribution in [3.63, 3.8) is 0 Å². The summed E-state index contributed by atoms with van der Waals surface area (Å²) in [5.74, 6) is 0.